The van der Waals surface area contributed by atoms with E-state index in [1.165, 1.54) is 19.2 Å². The van der Waals surface area contributed by atoms with Crippen molar-refractivity contribution in [2.45, 2.75) is 44.1 Å². The Kier molecular flexibility index (Phi) is 3.35. The van der Waals surface area contributed by atoms with Crippen molar-refractivity contribution in [3.05, 3.63) is 59.0 Å². The SMILES string of the molecule is [C-]#[N+]c1ccc2c(c1)C(c1ncnc3nn(C4CCCC4)cc13)C(=O)C2. The maximum atomic E-state index is 12.8. The zero-order chi connectivity index (χ0) is 17.7. The summed E-state index contributed by atoms with van der Waals surface area (Å²) in [4.78, 5) is 25.1. The van der Waals surface area contributed by atoms with Gasteiger partial charge in [0.2, 0.25) is 0 Å². The maximum absolute atomic E-state index is 12.8. The van der Waals surface area contributed by atoms with E-state index < -0.39 is 5.92 Å². The lowest BCUT2D eigenvalue weighted by Gasteiger charge is -2.11. The van der Waals surface area contributed by atoms with Crippen LogP contribution in [0.2, 0.25) is 0 Å². The highest BCUT2D eigenvalue weighted by Crippen LogP contribution is 2.39. The maximum Gasteiger partial charge on any atom is 0.187 e. The second-order valence-electron chi connectivity index (χ2n) is 7.11. The van der Waals surface area contributed by atoms with E-state index in [9.17, 15) is 4.79 Å². The van der Waals surface area contributed by atoms with Gasteiger partial charge in [0.25, 0.3) is 0 Å². The lowest BCUT2D eigenvalue weighted by Crippen LogP contribution is -2.10. The lowest BCUT2D eigenvalue weighted by atomic mass is 9.95. The van der Waals surface area contributed by atoms with E-state index in [4.69, 9.17) is 6.57 Å². The molecule has 0 N–H and O–H groups in total. The molecule has 3 aromatic rings. The number of Topliss-reactive ketones (excluding diaryl/α,β-unsaturated/α-hetero) is 1. The molecule has 128 valence electrons. The van der Waals surface area contributed by atoms with Crippen LogP contribution in [0.5, 0.6) is 0 Å². The molecule has 6 nitrogen and oxygen atoms in total. The summed E-state index contributed by atoms with van der Waals surface area (Å²) in [6.45, 7) is 7.26. The Labute approximate surface area is 150 Å². The predicted octanol–water partition coefficient (Wildman–Crippen LogP) is 3.75. The summed E-state index contributed by atoms with van der Waals surface area (Å²) >= 11 is 0. The Hall–Kier alpha value is -3.07. The van der Waals surface area contributed by atoms with E-state index in [1.54, 1.807) is 6.07 Å². The molecule has 1 unspecified atom stereocenters. The van der Waals surface area contributed by atoms with Crippen LogP contribution in [0.15, 0.2) is 30.7 Å². The van der Waals surface area contributed by atoms with Gasteiger partial charge < -0.3 is 0 Å². The molecule has 2 aliphatic carbocycles. The van der Waals surface area contributed by atoms with Gasteiger partial charge in [-0.25, -0.2) is 14.8 Å². The quantitative estimate of drug-likeness (QED) is 0.665. The molecule has 1 atom stereocenters. The fourth-order valence-corrected chi connectivity index (χ4v) is 4.30. The monoisotopic (exact) mass is 343 g/mol. The van der Waals surface area contributed by atoms with Crippen LogP contribution in [-0.2, 0) is 11.2 Å². The molecule has 2 aliphatic rings. The predicted molar refractivity (Wildman–Crippen MR) is 96.1 cm³/mol. The van der Waals surface area contributed by atoms with E-state index in [1.807, 2.05) is 23.0 Å². The fraction of sp³-hybridized carbons (Fsp3) is 0.350. The third-order valence-electron chi connectivity index (χ3n) is 5.59. The van der Waals surface area contributed by atoms with Gasteiger partial charge in [0.15, 0.2) is 17.1 Å². The Morgan fingerprint density at radius 2 is 2.04 bits per heavy atom. The number of nitrogens with zero attached hydrogens (tertiary/aromatic N) is 5. The molecule has 0 aliphatic heterocycles. The first-order valence-corrected chi connectivity index (χ1v) is 8.97. The summed E-state index contributed by atoms with van der Waals surface area (Å²) in [5, 5.41) is 5.49. The molecule has 0 spiro atoms. The normalized spacial score (nSPS) is 19.8. The standard InChI is InChI=1S/C20H17N5O/c1-21-13-7-6-12-8-17(26)18(15(12)9-13)19-16-10-25(14-4-2-3-5-14)24-20(16)23-11-22-19/h6-7,9-11,14,18H,2-5,8H2. The highest BCUT2D eigenvalue weighted by Gasteiger charge is 2.35. The molecule has 1 aromatic carbocycles. The smallest absolute Gasteiger partial charge is 0.187 e. The minimum atomic E-state index is -0.432. The molecule has 0 bridgehead atoms. The number of carbonyl (C=O) groups excluding carboxylic acids is 1. The van der Waals surface area contributed by atoms with Gasteiger partial charge in [-0.3, -0.25) is 9.48 Å². The number of benzene rings is 1. The third-order valence-corrected chi connectivity index (χ3v) is 5.59. The van der Waals surface area contributed by atoms with Crippen molar-refractivity contribution < 1.29 is 4.79 Å². The van der Waals surface area contributed by atoms with Gasteiger partial charge in [-0.2, -0.15) is 5.10 Å². The topological polar surface area (TPSA) is 65.0 Å². The first kappa shape index (κ1) is 15.2. The van der Waals surface area contributed by atoms with Crippen LogP contribution in [0, 0.1) is 6.57 Å². The molecule has 1 fully saturated rings. The van der Waals surface area contributed by atoms with E-state index in [0.717, 1.165) is 29.4 Å². The van der Waals surface area contributed by atoms with Crippen molar-refractivity contribution in [3.8, 4) is 0 Å². The first-order chi connectivity index (χ1) is 12.7. The van der Waals surface area contributed by atoms with Gasteiger partial charge in [-0.05, 0) is 24.0 Å². The van der Waals surface area contributed by atoms with Crippen LogP contribution >= 0.6 is 0 Å². The summed E-state index contributed by atoms with van der Waals surface area (Å²) in [6, 6.07) is 5.90. The molecule has 0 radical (unpaired) electrons. The van der Waals surface area contributed by atoms with E-state index in [-0.39, 0.29) is 5.78 Å². The largest absolute Gasteiger partial charge is 0.298 e. The fourth-order valence-electron chi connectivity index (χ4n) is 4.30. The van der Waals surface area contributed by atoms with E-state index >= 15 is 0 Å². The summed E-state index contributed by atoms with van der Waals surface area (Å²) < 4.78 is 2.01. The van der Waals surface area contributed by atoms with Crippen LogP contribution in [0.3, 0.4) is 0 Å². The summed E-state index contributed by atoms with van der Waals surface area (Å²) in [6.07, 6.45) is 8.62. The first-order valence-electron chi connectivity index (χ1n) is 8.97. The molecule has 26 heavy (non-hydrogen) atoms. The highest BCUT2D eigenvalue weighted by atomic mass is 16.1. The minimum Gasteiger partial charge on any atom is -0.298 e. The van der Waals surface area contributed by atoms with Gasteiger partial charge in [0, 0.05) is 12.6 Å². The van der Waals surface area contributed by atoms with Crippen molar-refractivity contribution in [3.63, 3.8) is 0 Å². The Bertz CT molecular complexity index is 1070. The Morgan fingerprint density at radius 1 is 1.19 bits per heavy atom. The Morgan fingerprint density at radius 3 is 2.85 bits per heavy atom. The molecular formula is C20H17N5O. The van der Waals surface area contributed by atoms with Crippen molar-refractivity contribution in [1.29, 1.82) is 0 Å². The van der Waals surface area contributed by atoms with Crippen LogP contribution in [0.25, 0.3) is 15.9 Å². The summed E-state index contributed by atoms with van der Waals surface area (Å²) in [5.41, 5.74) is 3.80. The number of hydrogen-bond acceptors (Lipinski definition) is 4. The second kappa shape index (κ2) is 5.73. The van der Waals surface area contributed by atoms with Crippen molar-refractivity contribution in [1.82, 2.24) is 19.7 Å². The average Bonchev–Trinajstić information content (AvgIpc) is 3.38. The molecule has 6 heteroatoms. The van der Waals surface area contributed by atoms with E-state index in [0.29, 0.717) is 29.5 Å². The van der Waals surface area contributed by atoms with Gasteiger partial charge in [0.1, 0.15) is 6.33 Å². The molecule has 1 saturated carbocycles. The van der Waals surface area contributed by atoms with Gasteiger partial charge in [-0.1, -0.05) is 31.0 Å². The number of hydrogen-bond donors (Lipinski definition) is 0. The van der Waals surface area contributed by atoms with Crippen molar-refractivity contribution in [2.75, 3.05) is 0 Å². The summed E-state index contributed by atoms with van der Waals surface area (Å²) in [5.74, 6) is -0.311. The zero-order valence-corrected chi connectivity index (χ0v) is 14.2. The molecule has 2 heterocycles. The minimum absolute atomic E-state index is 0.121. The van der Waals surface area contributed by atoms with Gasteiger partial charge in [-0.15, -0.1) is 0 Å². The highest BCUT2D eigenvalue weighted by molar-refractivity contribution is 5.98. The Balaban J connectivity index is 1.66. The molecular weight excluding hydrogens is 326 g/mol. The number of rotatable bonds is 2. The third kappa shape index (κ3) is 2.24. The van der Waals surface area contributed by atoms with Crippen molar-refractivity contribution in [2.24, 2.45) is 0 Å². The van der Waals surface area contributed by atoms with Gasteiger partial charge >= 0.3 is 0 Å². The number of aromatic nitrogens is 4. The van der Waals surface area contributed by atoms with E-state index in [2.05, 4.69) is 19.9 Å². The van der Waals surface area contributed by atoms with Crippen LogP contribution in [-0.4, -0.2) is 25.5 Å². The van der Waals surface area contributed by atoms with Gasteiger partial charge in [0.05, 0.1) is 29.6 Å². The van der Waals surface area contributed by atoms with Crippen molar-refractivity contribution >= 4 is 22.5 Å². The molecule has 2 aromatic heterocycles. The number of ketones is 1. The van der Waals surface area contributed by atoms with Crippen LogP contribution in [0.4, 0.5) is 5.69 Å². The van der Waals surface area contributed by atoms with Crippen LogP contribution < -0.4 is 0 Å². The molecule has 5 rings (SSSR count). The second-order valence-corrected chi connectivity index (χ2v) is 7.11. The number of fused-ring (bicyclic) bond motifs is 2. The molecule has 0 amide bonds. The average molecular weight is 343 g/mol. The summed E-state index contributed by atoms with van der Waals surface area (Å²) in [7, 11) is 0. The zero-order valence-electron chi connectivity index (χ0n) is 14.2. The lowest BCUT2D eigenvalue weighted by molar-refractivity contribution is -0.118. The van der Waals surface area contributed by atoms with Crippen LogP contribution in [0.1, 0.15) is 54.5 Å². The molecule has 0 saturated heterocycles. The number of carbonyl (C=O) groups is 1.